The van der Waals surface area contributed by atoms with E-state index < -0.39 is 0 Å². The van der Waals surface area contributed by atoms with Crippen molar-refractivity contribution in [1.82, 2.24) is 9.97 Å². The van der Waals surface area contributed by atoms with Gasteiger partial charge in [-0.15, -0.1) is 11.3 Å². The molecule has 7 aromatic carbocycles. The molecule has 0 aliphatic carbocycles. The maximum absolute atomic E-state index is 5.30. The Kier molecular flexibility index (Phi) is 6.69. The molecule has 9 rings (SSSR count). The van der Waals surface area contributed by atoms with Crippen LogP contribution in [0.15, 0.2) is 170 Å². The summed E-state index contributed by atoms with van der Waals surface area (Å²) in [5.41, 5.74) is 11.2. The summed E-state index contributed by atoms with van der Waals surface area (Å²) < 4.78 is 2.47. The van der Waals surface area contributed by atoms with E-state index in [1.54, 1.807) is 0 Å². The van der Waals surface area contributed by atoms with Crippen LogP contribution in [-0.2, 0) is 0 Å². The van der Waals surface area contributed by atoms with Crippen LogP contribution in [0.5, 0.6) is 0 Å². The number of benzene rings is 7. The van der Waals surface area contributed by atoms with Gasteiger partial charge >= 0.3 is 0 Å². The van der Waals surface area contributed by atoms with Crippen molar-refractivity contribution in [1.29, 1.82) is 0 Å². The van der Waals surface area contributed by atoms with Gasteiger partial charge in [-0.1, -0.05) is 146 Å². The van der Waals surface area contributed by atoms with E-state index in [0.717, 1.165) is 44.7 Å². The van der Waals surface area contributed by atoms with E-state index in [-0.39, 0.29) is 0 Å². The van der Waals surface area contributed by atoms with Crippen molar-refractivity contribution in [3.63, 3.8) is 0 Å². The first-order valence-electron chi connectivity index (χ1n) is 15.8. The van der Waals surface area contributed by atoms with Crippen molar-refractivity contribution in [2.24, 2.45) is 0 Å². The number of hydrogen-bond donors (Lipinski definition) is 0. The molecule has 2 nitrogen and oxygen atoms in total. The Labute approximate surface area is 277 Å². The number of hydrogen-bond acceptors (Lipinski definition) is 3. The average molecular weight is 617 g/mol. The summed E-state index contributed by atoms with van der Waals surface area (Å²) in [4.78, 5) is 10.5. The molecule has 0 atom stereocenters. The van der Waals surface area contributed by atoms with E-state index in [0.29, 0.717) is 0 Å². The molecule has 0 unspecified atom stereocenters. The van der Waals surface area contributed by atoms with Crippen LogP contribution in [0.1, 0.15) is 0 Å². The molecule has 0 saturated carbocycles. The molecule has 2 heterocycles. The molecule has 0 bridgehead atoms. The summed E-state index contributed by atoms with van der Waals surface area (Å²) >= 11 is 1.81. The molecular formula is C44H28N2S. The lowest BCUT2D eigenvalue weighted by molar-refractivity contribution is 1.23. The highest BCUT2D eigenvalue weighted by molar-refractivity contribution is 7.26. The number of fused-ring (bicyclic) bond motifs is 5. The molecular weight excluding hydrogens is 589 g/mol. The third kappa shape index (κ3) is 4.89. The number of aromatic nitrogens is 2. The molecule has 47 heavy (non-hydrogen) atoms. The van der Waals surface area contributed by atoms with E-state index in [1.165, 1.54) is 42.4 Å². The predicted molar refractivity (Wildman–Crippen MR) is 200 cm³/mol. The minimum atomic E-state index is 0.730. The fourth-order valence-corrected chi connectivity index (χ4v) is 7.82. The Bertz CT molecular complexity index is 2570. The second-order valence-corrected chi connectivity index (χ2v) is 12.8. The quantitative estimate of drug-likeness (QED) is 0.192. The van der Waals surface area contributed by atoms with E-state index in [2.05, 4.69) is 164 Å². The van der Waals surface area contributed by atoms with Crippen molar-refractivity contribution in [2.75, 3.05) is 0 Å². The lowest BCUT2D eigenvalue weighted by Crippen LogP contribution is -1.95. The zero-order chi connectivity index (χ0) is 31.2. The van der Waals surface area contributed by atoms with Gasteiger partial charge in [0.2, 0.25) is 0 Å². The Balaban J connectivity index is 1.20. The maximum atomic E-state index is 5.30. The molecule has 0 saturated heterocycles. The van der Waals surface area contributed by atoms with Gasteiger partial charge in [0.05, 0.1) is 15.9 Å². The van der Waals surface area contributed by atoms with Gasteiger partial charge in [-0.25, -0.2) is 9.97 Å². The number of rotatable bonds is 5. The second kappa shape index (κ2) is 11.5. The minimum Gasteiger partial charge on any atom is -0.227 e. The van der Waals surface area contributed by atoms with E-state index in [4.69, 9.17) is 9.97 Å². The average Bonchev–Trinajstić information content (AvgIpc) is 3.55. The van der Waals surface area contributed by atoms with Gasteiger partial charge in [0.1, 0.15) is 0 Å². The number of nitrogens with zero attached hydrogens (tertiary/aromatic N) is 2. The van der Waals surface area contributed by atoms with Crippen LogP contribution in [0.25, 0.3) is 87.1 Å². The summed E-state index contributed by atoms with van der Waals surface area (Å²) in [5, 5.41) is 3.58. The third-order valence-corrected chi connectivity index (χ3v) is 10.1. The van der Waals surface area contributed by atoms with Crippen molar-refractivity contribution in [3.05, 3.63) is 170 Å². The van der Waals surface area contributed by atoms with E-state index in [9.17, 15) is 0 Å². The summed E-state index contributed by atoms with van der Waals surface area (Å²) in [6.07, 6.45) is 0. The minimum absolute atomic E-state index is 0.730. The first-order valence-corrected chi connectivity index (χ1v) is 16.6. The van der Waals surface area contributed by atoms with Gasteiger partial charge in [-0.05, 0) is 57.6 Å². The Morgan fingerprint density at radius 2 is 0.915 bits per heavy atom. The first-order chi connectivity index (χ1) is 23.3. The molecule has 220 valence electrons. The molecule has 0 amide bonds. The molecule has 0 aliphatic rings. The largest absolute Gasteiger partial charge is 0.227 e. The standard InChI is InChI=1S/C44H28N2S/c1-3-13-29(14-4-1)35-21-7-8-22-36(35)33-19-11-17-31(27-33)32-18-12-20-34(28-32)44-45-41(30-15-5-2-6-16-30)39-26-25-38-37-23-9-10-24-40(37)47-43(38)42(39)46-44/h1-28H. The molecule has 0 N–H and O–H groups in total. The molecule has 0 spiro atoms. The highest BCUT2D eigenvalue weighted by atomic mass is 32.1. The van der Waals surface area contributed by atoms with Crippen molar-refractivity contribution < 1.29 is 0 Å². The van der Waals surface area contributed by atoms with Gasteiger partial charge < -0.3 is 0 Å². The molecule has 3 heteroatoms. The fourth-order valence-electron chi connectivity index (χ4n) is 6.63. The monoisotopic (exact) mass is 616 g/mol. The normalized spacial score (nSPS) is 11.4. The first kappa shape index (κ1) is 27.4. The molecule has 0 radical (unpaired) electrons. The molecule has 0 fully saturated rings. The van der Waals surface area contributed by atoms with Gasteiger partial charge in [0.25, 0.3) is 0 Å². The molecule has 2 aromatic heterocycles. The highest BCUT2D eigenvalue weighted by Crippen LogP contribution is 2.41. The summed E-state index contributed by atoms with van der Waals surface area (Å²) in [6.45, 7) is 0. The summed E-state index contributed by atoms with van der Waals surface area (Å²) in [6, 6.07) is 60.2. The predicted octanol–water partition coefficient (Wildman–Crippen LogP) is 12.3. The Morgan fingerprint density at radius 1 is 0.362 bits per heavy atom. The zero-order valence-electron chi connectivity index (χ0n) is 25.5. The van der Waals surface area contributed by atoms with Crippen LogP contribution in [0, 0.1) is 0 Å². The van der Waals surface area contributed by atoms with Crippen molar-refractivity contribution in [3.8, 4) is 56.0 Å². The van der Waals surface area contributed by atoms with Crippen LogP contribution in [-0.4, -0.2) is 9.97 Å². The van der Waals surface area contributed by atoms with Crippen molar-refractivity contribution >= 4 is 42.4 Å². The SMILES string of the molecule is c1ccc(-c2ccccc2-c2cccc(-c3cccc(-c4nc(-c5ccccc5)c5ccc6c7ccccc7sc6c5n4)c3)c2)cc1. The number of thiophene rings is 1. The smallest absolute Gasteiger partial charge is 0.160 e. The molecule has 9 aromatic rings. The van der Waals surface area contributed by atoms with Gasteiger partial charge in [-0.3, -0.25) is 0 Å². The Morgan fingerprint density at radius 3 is 1.68 bits per heavy atom. The third-order valence-electron chi connectivity index (χ3n) is 8.90. The zero-order valence-corrected chi connectivity index (χ0v) is 26.3. The molecule has 0 aliphatic heterocycles. The fraction of sp³-hybridized carbons (Fsp3) is 0. The van der Waals surface area contributed by atoms with Gasteiger partial charge in [-0.2, -0.15) is 0 Å². The lowest BCUT2D eigenvalue weighted by atomic mass is 9.92. The van der Waals surface area contributed by atoms with Crippen LogP contribution < -0.4 is 0 Å². The summed E-state index contributed by atoms with van der Waals surface area (Å²) in [5.74, 6) is 0.730. The lowest BCUT2D eigenvalue weighted by Gasteiger charge is -2.13. The van der Waals surface area contributed by atoms with E-state index in [1.807, 2.05) is 17.4 Å². The highest BCUT2D eigenvalue weighted by Gasteiger charge is 2.17. The summed E-state index contributed by atoms with van der Waals surface area (Å²) in [7, 11) is 0. The van der Waals surface area contributed by atoms with Crippen LogP contribution >= 0.6 is 11.3 Å². The van der Waals surface area contributed by atoms with Crippen molar-refractivity contribution in [2.45, 2.75) is 0 Å². The second-order valence-electron chi connectivity index (χ2n) is 11.8. The van der Waals surface area contributed by atoms with E-state index >= 15 is 0 Å². The Hall–Kier alpha value is -5.90. The van der Waals surface area contributed by atoms with Crippen LogP contribution in [0.4, 0.5) is 0 Å². The van der Waals surface area contributed by atoms with Crippen LogP contribution in [0.3, 0.4) is 0 Å². The van der Waals surface area contributed by atoms with Gasteiger partial charge in [0, 0.05) is 32.0 Å². The van der Waals surface area contributed by atoms with Crippen LogP contribution in [0.2, 0.25) is 0 Å². The maximum Gasteiger partial charge on any atom is 0.160 e. The topological polar surface area (TPSA) is 25.8 Å². The van der Waals surface area contributed by atoms with Gasteiger partial charge in [0.15, 0.2) is 5.82 Å².